The molecule has 0 saturated heterocycles. The van der Waals surface area contributed by atoms with Crippen molar-refractivity contribution >= 4 is 19.8 Å². The Morgan fingerprint density at radius 1 is 1.00 bits per heavy atom. The summed E-state index contributed by atoms with van der Waals surface area (Å²) in [5.41, 5.74) is 0. The maximum atomic E-state index is 8.85. The van der Waals surface area contributed by atoms with Gasteiger partial charge in [-0.3, -0.25) is 0 Å². The molecule has 0 aromatic heterocycles. The Balaban J connectivity index is -0.0000000150. The molecule has 0 aromatic rings. The van der Waals surface area contributed by atoms with E-state index in [0.717, 1.165) is 0 Å². The largest absolute Gasteiger partial charge is 1.00 e. The van der Waals surface area contributed by atoms with E-state index in [4.69, 9.17) is 9.79 Å². The minimum atomic E-state index is -2.54. The second kappa shape index (κ2) is 16.4. The maximum absolute atomic E-state index is 8.85. The van der Waals surface area contributed by atoms with Gasteiger partial charge in [0.1, 0.15) is 0 Å². The van der Waals surface area contributed by atoms with E-state index in [1.54, 1.807) is 0 Å². The molecule has 0 amide bonds. The Bertz CT molecular complexity index is 17.7. The van der Waals surface area contributed by atoms with Crippen molar-refractivity contribution in [2.75, 3.05) is 0 Å². The Morgan fingerprint density at radius 2 is 1.00 bits per heavy atom. The van der Waals surface area contributed by atoms with Crippen molar-refractivity contribution in [1.29, 1.82) is 0 Å². The monoisotopic (exact) mass is 164 g/mol. The van der Waals surface area contributed by atoms with Crippen molar-refractivity contribution in [3.05, 3.63) is 0 Å². The Kier molecular flexibility index (Phi) is 52.4. The van der Waals surface area contributed by atoms with Crippen LogP contribution in [0.3, 0.4) is 0 Å². The normalized spacial score (nSPS) is 5.14. The van der Waals surface area contributed by atoms with Crippen LogP contribution in [-0.2, 0) is 12.2 Å². The van der Waals surface area contributed by atoms with Crippen molar-refractivity contribution in [2.24, 2.45) is 0 Å². The van der Waals surface area contributed by atoms with E-state index >= 15 is 0 Å². The summed E-state index contributed by atoms with van der Waals surface area (Å²) in [4.78, 5) is 17.7. The summed E-state index contributed by atoms with van der Waals surface area (Å²) in [5, 5.41) is 0. The summed E-state index contributed by atoms with van der Waals surface area (Å²) in [7, 11) is -2.54. The smallest absolute Gasteiger partial charge is 0.860 e. The van der Waals surface area contributed by atoms with Crippen LogP contribution in [0.5, 0.6) is 0 Å². The van der Waals surface area contributed by atoms with Crippen LogP contribution in [0.4, 0.5) is 0 Å². The van der Waals surface area contributed by atoms with E-state index in [9.17, 15) is 0 Å². The van der Waals surface area contributed by atoms with Gasteiger partial charge < -0.3 is 29.6 Å². The van der Waals surface area contributed by atoms with Gasteiger partial charge in [0.15, 0.2) is 0 Å². The van der Waals surface area contributed by atoms with Crippen LogP contribution in [0.15, 0.2) is 0 Å². The molecule has 0 bridgehead atoms. The molecule has 0 radical (unpaired) electrons. The fourth-order valence-corrected chi connectivity index (χ4v) is 0. The van der Waals surface area contributed by atoms with Crippen molar-refractivity contribution in [3.63, 3.8) is 0 Å². The summed E-state index contributed by atoms with van der Waals surface area (Å²) in [5.74, 6) is 0. The Labute approximate surface area is 116 Å². The number of hydrogen-bond donors (Lipinski definition) is 0. The van der Waals surface area contributed by atoms with E-state index in [2.05, 4.69) is 12.2 Å². The van der Waals surface area contributed by atoms with Crippen LogP contribution in [0.1, 0.15) is 0 Å². The minimum absolute atomic E-state index is 0. The molecule has 26 valence electrons. The van der Waals surface area contributed by atoms with E-state index in [1.807, 2.05) is 0 Å². The van der Waals surface area contributed by atoms with Crippen LogP contribution in [-0.4, -0.2) is 0 Å². The average molecular weight is 164 g/mol. The van der Waals surface area contributed by atoms with Crippen molar-refractivity contribution in [3.8, 4) is 0 Å². The third-order valence-electron chi connectivity index (χ3n) is 0. The van der Waals surface area contributed by atoms with Gasteiger partial charge in [0.2, 0.25) is 0 Å². The number of rotatable bonds is 0. The molecule has 0 aromatic carbocycles. The van der Waals surface area contributed by atoms with Gasteiger partial charge in [0, 0.05) is 0 Å². The third-order valence-corrected chi connectivity index (χ3v) is 0. The molecule has 0 saturated carbocycles. The van der Waals surface area contributed by atoms with Crippen molar-refractivity contribution in [1.82, 2.24) is 0 Å². The van der Waals surface area contributed by atoms with Crippen LogP contribution in [0.2, 0.25) is 0 Å². The fourth-order valence-electron chi connectivity index (χ4n) is 0. The first kappa shape index (κ1) is 22.4. The molecular formula is Na3O2PS. The number of hydrogen-bond acceptors (Lipinski definition) is 3. The van der Waals surface area contributed by atoms with E-state index in [1.165, 1.54) is 0 Å². The Morgan fingerprint density at radius 3 is 1.00 bits per heavy atom. The zero-order valence-corrected chi connectivity index (χ0v) is 12.4. The maximum Gasteiger partial charge on any atom is 1.00 e. The van der Waals surface area contributed by atoms with E-state index < -0.39 is 7.58 Å². The first-order valence-corrected chi connectivity index (χ1v) is 2.74. The molecule has 0 atom stereocenters. The van der Waals surface area contributed by atoms with E-state index in [0.29, 0.717) is 0 Å². The summed E-state index contributed by atoms with van der Waals surface area (Å²) >= 11 is 3.57. The molecule has 0 heterocycles. The topological polar surface area (TPSA) is 46.1 Å². The molecule has 0 aliphatic rings. The van der Waals surface area contributed by atoms with Gasteiger partial charge in [-0.15, -0.1) is 0 Å². The average Bonchev–Trinajstić information content (AvgIpc) is 0.811. The van der Waals surface area contributed by atoms with Crippen LogP contribution >= 0.6 is 7.58 Å². The molecule has 0 rings (SSSR count). The molecule has 0 spiro atoms. The second-order valence-corrected chi connectivity index (χ2v) is 1.57. The minimum Gasteiger partial charge on any atom is -0.860 e. The van der Waals surface area contributed by atoms with Gasteiger partial charge in [0.05, 0.1) is 0 Å². The molecule has 7 heteroatoms. The van der Waals surface area contributed by atoms with Gasteiger partial charge >= 0.3 is 88.7 Å². The summed E-state index contributed by atoms with van der Waals surface area (Å²) < 4.78 is 0. The predicted octanol–water partition coefficient (Wildman–Crippen LogP) is -10.5. The first-order valence-electron chi connectivity index (χ1n) is 0.548. The van der Waals surface area contributed by atoms with Crippen LogP contribution in [0.25, 0.3) is 0 Å². The molecule has 0 N–H and O–H groups in total. The van der Waals surface area contributed by atoms with Crippen LogP contribution in [0, 0.1) is 0 Å². The standard InChI is InChI=1S/3Na.O2PS/c;;;1-3(2)4/q3*+1;-3. The van der Waals surface area contributed by atoms with Crippen molar-refractivity contribution in [2.45, 2.75) is 0 Å². The van der Waals surface area contributed by atoms with Gasteiger partial charge in [-0.1, -0.05) is 0 Å². The van der Waals surface area contributed by atoms with Gasteiger partial charge in [-0.2, -0.15) is 0 Å². The summed E-state index contributed by atoms with van der Waals surface area (Å²) in [6.45, 7) is 0. The van der Waals surface area contributed by atoms with Gasteiger partial charge in [-0.25, -0.2) is 0 Å². The molecule has 0 aliphatic heterocycles. The predicted molar refractivity (Wildman–Crippen MR) is 14.3 cm³/mol. The van der Waals surface area contributed by atoms with Gasteiger partial charge in [-0.05, 0) is 0 Å². The Hall–Kier alpha value is 3.70. The zero-order chi connectivity index (χ0) is 3.58. The van der Waals surface area contributed by atoms with Crippen molar-refractivity contribution < 1.29 is 98.5 Å². The molecule has 7 heavy (non-hydrogen) atoms. The zero-order valence-electron chi connectivity index (χ0n) is 4.67. The molecule has 0 fully saturated rings. The molecule has 0 unspecified atom stereocenters. The quantitative estimate of drug-likeness (QED) is 0.203. The third kappa shape index (κ3) is 42.0. The molecular weight excluding hydrogens is 164 g/mol. The van der Waals surface area contributed by atoms with Crippen LogP contribution < -0.4 is 98.5 Å². The van der Waals surface area contributed by atoms with Gasteiger partial charge in [0.25, 0.3) is 0 Å². The second-order valence-electron chi connectivity index (χ2n) is 0.224. The SMILES string of the molecule is [Na+].[Na+].[Na+].[O-]P([O-])[S-]. The van der Waals surface area contributed by atoms with E-state index in [-0.39, 0.29) is 88.7 Å². The molecule has 2 nitrogen and oxygen atoms in total. The molecule has 0 aliphatic carbocycles. The summed E-state index contributed by atoms with van der Waals surface area (Å²) in [6, 6.07) is 0. The summed E-state index contributed by atoms with van der Waals surface area (Å²) in [6.07, 6.45) is 0. The fraction of sp³-hybridized carbons (Fsp3) is 0. The first-order chi connectivity index (χ1) is 1.73.